The van der Waals surface area contributed by atoms with E-state index in [4.69, 9.17) is 11.6 Å². The summed E-state index contributed by atoms with van der Waals surface area (Å²) in [5, 5.41) is 8.19. The fraction of sp³-hybridized carbons (Fsp3) is 0.600. The number of alkyl halides is 1. The quantitative estimate of drug-likeness (QED) is 0.720. The maximum atomic E-state index is 6.03. The van der Waals surface area contributed by atoms with Gasteiger partial charge in [-0.3, -0.25) is 0 Å². The first-order valence-electron chi connectivity index (χ1n) is 5.05. The lowest BCUT2D eigenvalue weighted by Crippen LogP contribution is -2.03. The Kier molecular flexibility index (Phi) is 2.87. The number of allylic oxidation sites excluding steroid dienone is 2. The molecule has 1 aromatic rings. The summed E-state index contributed by atoms with van der Waals surface area (Å²) in [5.74, 6) is 0. The molecule has 1 atom stereocenters. The van der Waals surface area contributed by atoms with Crippen LogP contribution in [0.2, 0.25) is 0 Å². The van der Waals surface area contributed by atoms with E-state index in [-0.39, 0.29) is 5.38 Å². The van der Waals surface area contributed by atoms with Crippen LogP contribution in [0, 0.1) is 0 Å². The number of halogens is 1. The van der Waals surface area contributed by atoms with Crippen molar-refractivity contribution in [2.75, 3.05) is 0 Å². The molecule has 0 aromatic carbocycles. The second kappa shape index (κ2) is 4.13. The molecule has 2 rings (SSSR count). The van der Waals surface area contributed by atoms with E-state index in [2.05, 4.69) is 23.3 Å². The normalized spacial score (nSPS) is 21.3. The zero-order valence-electron chi connectivity index (χ0n) is 8.28. The first-order valence-corrected chi connectivity index (χ1v) is 5.48. The fourth-order valence-corrected chi connectivity index (χ4v) is 2.04. The summed E-state index contributed by atoms with van der Waals surface area (Å²) in [4.78, 5) is 0. The van der Waals surface area contributed by atoms with Gasteiger partial charge < -0.3 is 0 Å². The molecule has 0 bridgehead atoms. The number of aromatic nitrogens is 3. The zero-order valence-corrected chi connectivity index (χ0v) is 9.04. The average Bonchev–Trinajstić information content (AvgIpc) is 2.74. The molecule has 1 aliphatic carbocycles. The van der Waals surface area contributed by atoms with Crippen LogP contribution < -0.4 is 0 Å². The molecule has 76 valence electrons. The minimum Gasteiger partial charge on any atom is -0.245 e. The first-order chi connectivity index (χ1) is 6.81. The molecule has 14 heavy (non-hydrogen) atoms. The Morgan fingerprint density at radius 1 is 1.64 bits per heavy atom. The molecule has 0 fully saturated rings. The number of nitrogens with zero attached hydrogens (tertiary/aromatic N) is 3. The topological polar surface area (TPSA) is 30.7 Å². The predicted molar refractivity (Wildman–Crippen MR) is 57.2 cm³/mol. The largest absolute Gasteiger partial charge is 0.245 e. The summed E-state index contributed by atoms with van der Waals surface area (Å²) in [7, 11) is 0. The Bertz CT molecular complexity index is 343. The van der Waals surface area contributed by atoms with Crippen molar-refractivity contribution in [1.82, 2.24) is 15.0 Å². The summed E-state index contributed by atoms with van der Waals surface area (Å²) >= 11 is 6.03. The van der Waals surface area contributed by atoms with Crippen LogP contribution >= 0.6 is 11.6 Å². The summed E-state index contributed by atoms with van der Waals surface area (Å²) in [6.07, 6.45) is 7.11. The van der Waals surface area contributed by atoms with E-state index in [9.17, 15) is 0 Å². The van der Waals surface area contributed by atoms with Gasteiger partial charge in [-0.15, -0.1) is 16.7 Å². The second-order valence-corrected chi connectivity index (χ2v) is 4.15. The standard InChI is InChI=1S/C10H14ClN3/c1-2-5-14-10(7-12-13-14)8-3-4-9(11)6-8/h6-7,9H,2-5H2,1H3. The molecule has 0 saturated heterocycles. The highest BCUT2D eigenvalue weighted by atomic mass is 35.5. The molecular formula is C10H14ClN3. The van der Waals surface area contributed by atoms with E-state index >= 15 is 0 Å². The van der Waals surface area contributed by atoms with Crippen LogP contribution in [-0.4, -0.2) is 20.4 Å². The van der Waals surface area contributed by atoms with Gasteiger partial charge >= 0.3 is 0 Å². The van der Waals surface area contributed by atoms with Crippen molar-refractivity contribution in [3.8, 4) is 0 Å². The monoisotopic (exact) mass is 211 g/mol. The third-order valence-corrected chi connectivity index (χ3v) is 2.80. The van der Waals surface area contributed by atoms with Gasteiger partial charge in [0.15, 0.2) is 0 Å². The van der Waals surface area contributed by atoms with Crippen LogP contribution in [0.25, 0.3) is 5.57 Å². The minimum absolute atomic E-state index is 0.190. The van der Waals surface area contributed by atoms with E-state index < -0.39 is 0 Å². The van der Waals surface area contributed by atoms with Gasteiger partial charge in [0.1, 0.15) is 0 Å². The van der Waals surface area contributed by atoms with Crippen molar-refractivity contribution in [2.45, 2.75) is 38.1 Å². The molecule has 0 aliphatic heterocycles. The van der Waals surface area contributed by atoms with Gasteiger partial charge in [0, 0.05) is 6.54 Å². The van der Waals surface area contributed by atoms with Crippen LogP contribution in [-0.2, 0) is 6.54 Å². The van der Waals surface area contributed by atoms with Gasteiger partial charge in [-0.2, -0.15) is 0 Å². The Morgan fingerprint density at radius 3 is 3.14 bits per heavy atom. The molecule has 0 spiro atoms. The molecule has 1 aliphatic rings. The van der Waals surface area contributed by atoms with E-state index in [0.717, 1.165) is 31.5 Å². The Labute approximate surface area is 88.8 Å². The first kappa shape index (κ1) is 9.71. The smallest absolute Gasteiger partial charge is 0.0842 e. The molecule has 0 saturated carbocycles. The highest BCUT2D eigenvalue weighted by molar-refractivity contribution is 6.22. The number of aryl methyl sites for hydroxylation is 1. The van der Waals surface area contributed by atoms with Crippen molar-refractivity contribution in [3.63, 3.8) is 0 Å². The van der Waals surface area contributed by atoms with Crippen LogP contribution in [0.1, 0.15) is 31.9 Å². The third kappa shape index (κ3) is 1.82. The Morgan fingerprint density at radius 2 is 2.50 bits per heavy atom. The molecule has 4 heteroatoms. The Hall–Kier alpha value is -0.830. The Balaban J connectivity index is 2.23. The van der Waals surface area contributed by atoms with Crippen molar-refractivity contribution < 1.29 is 0 Å². The molecule has 1 unspecified atom stereocenters. The van der Waals surface area contributed by atoms with Gasteiger partial charge in [-0.05, 0) is 24.8 Å². The molecular weight excluding hydrogens is 198 g/mol. The fourth-order valence-electron chi connectivity index (χ4n) is 1.78. The van der Waals surface area contributed by atoms with Gasteiger partial charge in [0.05, 0.1) is 17.3 Å². The van der Waals surface area contributed by atoms with Gasteiger partial charge in [-0.25, -0.2) is 4.68 Å². The van der Waals surface area contributed by atoms with E-state index in [1.54, 1.807) is 0 Å². The van der Waals surface area contributed by atoms with Crippen LogP contribution in [0.3, 0.4) is 0 Å². The SMILES string of the molecule is CCCn1nncc1C1=CC(Cl)CC1. The maximum Gasteiger partial charge on any atom is 0.0842 e. The average molecular weight is 212 g/mol. The van der Waals surface area contributed by atoms with Gasteiger partial charge in [0.2, 0.25) is 0 Å². The van der Waals surface area contributed by atoms with E-state index in [0.29, 0.717) is 0 Å². The summed E-state index contributed by atoms with van der Waals surface area (Å²) in [6, 6.07) is 0. The maximum absolute atomic E-state index is 6.03. The molecule has 1 heterocycles. The lowest BCUT2D eigenvalue weighted by atomic mass is 10.2. The number of hydrogen-bond acceptors (Lipinski definition) is 2. The summed E-state index contributed by atoms with van der Waals surface area (Å²) in [6.45, 7) is 3.07. The minimum atomic E-state index is 0.190. The summed E-state index contributed by atoms with van der Waals surface area (Å²) in [5.41, 5.74) is 2.43. The lowest BCUT2D eigenvalue weighted by molar-refractivity contribution is 0.572. The molecule has 0 amide bonds. The van der Waals surface area contributed by atoms with Crippen LogP contribution in [0.15, 0.2) is 12.3 Å². The molecule has 3 nitrogen and oxygen atoms in total. The van der Waals surface area contributed by atoms with E-state index in [1.165, 1.54) is 5.57 Å². The summed E-state index contributed by atoms with van der Waals surface area (Å²) < 4.78 is 1.96. The van der Waals surface area contributed by atoms with Crippen LogP contribution in [0.4, 0.5) is 0 Å². The molecule has 0 N–H and O–H groups in total. The lowest BCUT2D eigenvalue weighted by Gasteiger charge is -2.04. The second-order valence-electron chi connectivity index (χ2n) is 3.59. The highest BCUT2D eigenvalue weighted by Crippen LogP contribution is 2.29. The molecule has 0 radical (unpaired) electrons. The predicted octanol–water partition coefficient (Wildman–Crippen LogP) is 2.47. The zero-order chi connectivity index (χ0) is 9.97. The van der Waals surface area contributed by atoms with Crippen molar-refractivity contribution in [1.29, 1.82) is 0 Å². The number of hydrogen-bond donors (Lipinski definition) is 0. The van der Waals surface area contributed by atoms with Gasteiger partial charge in [-0.1, -0.05) is 18.2 Å². The van der Waals surface area contributed by atoms with Crippen molar-refractivity contribution >= 4 is 17.2 Å². The van der Waals surface area contributed by atoms with E-state index in [1.807, 2.05) is 10.9 Å². The van der Waals surface area contributed by atoms with Crippen molar-refractivity contribution in [3.05, 3.63) is 18.0 Å². The molecule has 1 aromatic heterocycles. The third-order valence-electron chi connectivity index (χ3n) is 2.45. The highest BCUT2D eigenvalue weighted by Gasteiger charge is 2.17. The van der Waals surface area contributed by atoms with Crippen LogP contribution in [0.5, 0.6) is 0 Å². The van der Waals surface area contributed by atoms with Crippen molar-refractivity contribution in [2.24, 2.45) is 0 Å². The van der Waals surface area contributed by atoms with Gasteiger partial charge in [0.25, 0.3) is 0 Å². The number of rotatable bonds is 3.